The van der Waals surface area contributed by atoms with Gasteiger partial charge < -0.3 is 4.74 Å². The molecule has 0 aliphatic rings. The predicted molar refractivity (Wildman–Crippen MR) is 81.1 cm³/mol. The van der Waals surface area contributed by atoms with E-state index in [1.54, 1.807) is 6.07 Å². The quantitative estimate of drug-likeness (QED) is 0.743. The summed E-state index contributed by atoms with van der Waals surface area (Å²) < 4.78 is 94.4. The van der Waals surface area contributed by atoms with Crippen molar-refractivity contribution in [3.05, 3.63) is 53.9 Å². The molecular formula is C15H10F5N3O3S. The summed E-state index contributed by atoms with van der Waals surface area (Å²) in [5.41, 5.74) is -0.702. The van der Waals surface area contributed by atoms with Crippen molar-refractivity contribution in [3.8, 4) is 11.8 Å². The van der Waals surface area contributed by atoms with Crippen molar-refractivity contribution < 1.29 is 35.1 Å². The van der Waals surface area contributed by atoms with Crippen LogP contribution in [0.15, 0.2) is 47.6 Å². The molecule has 0 saturated carbocycles. The number of pyridine rings is 1. The Bertz CT molecular complexity index is 940. The van der Waals surface area contributed by atoms with Gasteiger partial charge in [0.25, 0.3) is 0 Å². The van der Waals surface area contributed by atoms with E-state index in [-0.39, 0.29) is 11.3 Å². The van der Waals surface area contributed by atoms with Crippen molar-refractivity contribution in [2.75, 3.05) is 0 Å². The van der Waals surface area contributed by atoms with Gasteiger partial charge in [-0.05, 0) is 23.8 Å². The first kappa shape index (κ1) is 20.5. The lowest BCUT2D eigenvalue weighted by atomic mass is 10.1. The normalized spacial score (nSPS) is 13.2. The van der Waals surface area contributed by atoms with Gasteiger partial charge in [-0.2, -0.15) is 31.9 Å². The molecule has 0 radical (unpaired) electrons. The molecule has 0 saturated heterocycles. The van der Waals surface area contributed by atoms with E-state index in [9.17, 15) is 30.4 Å². The molecule has 1 unspecified atom stereocenters. The van der Waals surface area contributed by atoms with Gasteiger partial charge in [0, 0.05) is 12.4 Å². The highest BCUT2D eigenvalue weighted by Gasteiger charge is 2.43. The molecule has 1 N–H and O–H groups in total. The summed E-state index contributed by atoms with van der Waals surface area (Å²) in [7, 11) is -4.69. The lowest BCUT2D eigenvalue weighted by Gasteiger charge is -2.22. The highest BCUT2D eigenvalue weighted by Crippen LogP contribution is 2.34. The second kappa shape index (κ2) is 7.85. The van der Waals surface area contributed by atoms with Gasteiger partial charge in [-0.25, -0.2) is 8.42 Å². The number of aromatic nitrogens is 1. The van der Waals surface area contributed by atoms with Crippen molar-refractivity contribution in [1.29, 1.82) is 5.26 Å². The minimum atomic E-state index is -5.03. The third kappa shape index (κ3) is 5.35. The zero-order valence-electron chi connectivity index (χ0n) is 13.1. The van der Waals surface area contributed by atoms with Crippen LogP contribution in [0, 0.1) is 11.3 Å². The number of halogens is 5. The van der Waals surface area contributed by atoms with Gasteiger partial charge in [-0.15, -0.1) is 0 Å². The zero-order valence-corrected chi connectivity index (χ0v) is 13.9. The summed E-state index contributed by atoms with van der Waals surface area (Å²) in [4.78, 5) is 2.86. The van der Waals surface area contributed by atoms with Crippen LogP contribution in [0.4, 0.5) is 22.0 Å². The number of rotatable bonds is 6. The number of nitrogens with one attached hydrogen (secondary N) is 1. The second-order valence-corrected chi connectivity index (χ2v) is 6.78. The van der Waals surface area contributed by atoms with Gasteiger partial charge in [0.2, 0.25) is 10.0 Å². The molecule has 1 aromatic carbocycles. The van der Waals surface area contributed by atoms with Crippen LogP contribution in [0.2, 0.25) is 0 Å². The summed E-state index contributed by atoms with van der Waals surface area (Å²) in [5, 5.41) is 8.75. The van der Waals surface area contributed by atoms with E-state index in [1.165, 1.54) is 4.72 Å². The molecule has 1 aromatic heterocycles. The lowest BCUT2D eigenvalue weighted by Crippen LogP contribution is -2.38. The fourth-order valence-corrected chi connectivity index (χ4v) is 3.21. The largest absolute Gasteiger partial charge is 0.435 e. The Morgan fingerprint density at radius 3 is 2.30 bits per heavy atom. The summed E-state index contributed by atoms with van der Waals surface area (Å²) in [6, 6.07) is 3.15. The fourth-order valence-electron chi connectivity index (χ4n) is 2.02. The molecule has 12 heteroatoms. The van der Waals surface area contributed by atoms with Crippen molar-refractivity contribution in [2.45, 2.75) is 23.7 Å². The van der Waals surface area contributed by atoms with E-state index in [1.807, 2.05) is 0 Å². The molecule has 2 aromatic rings. The van der Waals surface area contributed by atoms with Crippen molar-refractivity contribution in [1.82, 2.24) is 9.71 Å². The Balaban J connectivity index is 2.36. The number of hydrogen-bond donors (Lipinski definition) is 1. The summed E-state index contributed by atoms with van der Waals surface area (Å²) in [5.74, 6) is -0.386. The van der Waals surface area contributed by atoms with Crippen molar-refractivity contribution in [3.63, 3.8) is 0 Å². The highest BCUT2D eigenvalue weighted by atomic mass is 32.2. The van der Waals surface area contributed by atoms with Crippen LogP contribution in [0.1, 0.15) is 17.2 Å². The first-order chi connectivity index (χ1) is 12.5. The van der Waals surface area contributed by atoms with Crippen LogP contribution < -0.4 is 9.46 Å². The maximum atomic E-state index is 13.4. The fraction of sp³-hybridized carbons (Fsp3) is 0.200. The van der Waals surface area contributed by atoms with Crippen LogP contribution in [-0.2, 0) is 10.0 Å². The van der Waals surface area contributed by atoms with E-state index in [0.717, 1.165) is 42.7 Å². The molecule has 0 fully saturated rings. The van der Waals surface area contributed by atoms with E-state index >= 15 is 0 Å². The molecule has 0 aliphatic carbocycles. The Labute approximate surface area is 150 Å². The average molecular weight is 407 g/mol. The standard InChI is InChI=1S/C15H10F5N3O3S/c16-14(17)26-11-3-1-10(2-4-11)13(15(18,19)20)23-27(24,25)12-5-9(6-21)7-22-8-12/h1-5,7-8,13-14,23H. The molecule has 6 nitrogen and oxygen atoms in total. The van der Waals surface area contributed by atoms with E-state index in [4.69, 9.17) is 5.26 Å². The molecular weight excluding hydrogens is 397 g/mol. The Morgan fingerprint density at radius 1 is 1.15 bits per heavy atom. The highest BCUT2D eigenvalue weighted by molar-refractivity contribution is 7.89. The summed E-state index contributed by atoms with van der Waals surface area (Å²) in [6.07, 6.45) is -3.20. The van der Waals surface area contributed by atoms with Gasteiger partial charge in [0.05, 0.1) is 5.56 Å². The second-order valence-electron chi connectivity index (χ2n) is 5.06. The molecule has 27 heavy (non-hydrogen) atoms. The van der Waals surface area contributed by atoms with Crippen LogP contribution in [0.25, 0.3) is 0 Å². The average Bonchev–Trinajstić information content (AvgIpc) is 2.59. The number of ether oxygens (including phenoxy) is 1. The van der Waals surface area contributed by atoms with Crippen LogP contribution in [0.5, 0.6) is 5.75 Å². The minimum Gasteiger partial charge on any atom is -0.435 e. The first-order valence-corrected chi connectivity index (χ1v) is 8.50. The zero-order chi connectivity index (χ0) is 20.2. The number of alkyl halides is 5. The molecule has 0 spiro atoms. The third-order valence-corrected chi connectivity index (χ3v) is 4.58. The van der Waals surface area contributed by atoms with E-state index in [2.05, 4.69) is 9.72 Å². The smallest absolute Gasteiger partial charge is 0.408 e. The van der Waals surface area contributed by atoms with Crippen LogP contribution in [-0.4, -0.2) is 26.2 Å². The Morgan fingerprint density at radius 2 is 1.78 bits per heavy atom. The molecule has 2 rings (SSSR count). The maximum Gasteiger partial charge on any atom is 0.408 e. The Kier molecular flexibility index (Phi) is 5.97. The van der Waals surface area contributed by atoms with Gasteiger partial charge in [-0.1, -0.05) is 12.1 Å². The first-order valence-electron chi connectivity index (χ1n) is 7.02. The molecule has 0 bridgehead atoms. The molecule has 1 heterocycles. The molecule has 1 atom stereocenters. The molecule has 0 amide bonds. The van der Waals surface area contributed by atoms with Gasteiger partial charge in [-0.3, -0.25) is 4.98 Å². The predicted octanol–water partition coefficient (Wildman–Crippen LogP) is 3.14. The van der Waals surface area contributed by atoms with Gasteiger partial charge in [0.15, 0.2) is 0 Å². The van der Waals surface area contributed by atoms with Crippen molar-refractivity contribution >= 4 is 10.0 Å². The molecule has 144 valence electrons. The number of sulfonamides is 1. The van der Waals surface area contributed by atoms with E-state index in [0.29, 0.717) is 0 Å². The number of nitriles is 1. The summed E-state index contributed by atoms with van der Waals surface area (Å²) in [6.45, 7) is -3.16. The number of benzene rings is 1. The van der Waals surface area contributed by atoms with Crippen LogP contribution in [0.3, 0.4) is 0 Å². The topological polar surface area (TPSA) is 92.1 Å². The Hall–Kier alpha value is -2.78. The number of nitrogens with zero attached hydrogens (tertiary/aromatic N) is 2. The van der Waals surface area contributed by atoms with Gasteiger partial charge >= 0.3 is 12.8 Å². The minimum absolute atomic E-state index is 0.157. The maximum absolute atomic E-state index is 13.4. The third-order valence-electron chi connectivity index (χ3n) is 3.19. The lowest BCUT2D eigenvalue weighted by molar-refractivity contribution is -0.153. The van der Waals surface area contributed by atoms with Gasteiger partial charge in [0.1, 0.15) is 22.8 Å². The summed E-state index contributed by atoms with van der Waals surface area (Å²) >= 11 is 0. The SMILES string of the molecule is N#Cc1cncc(S(=O)(=O)NC(c2ccc(OC(F)F)cc2)C(F)(F)F)c1. The van der Waals surface area contributed by atoms with Crippen molar-refractivity contribution in [2.24, 2.45) is 0 Å². The van der Waals surface area contributed by atoms with E-state index < -0.39 is 39.3 Å². The van der Waals surface area contributed by atoms with Crippen LogP contribution >= 0.6 is 0 Å². The monoisotopic (exact) mass is 407 g/mol. The molecule has 0 aliphatic heterocycles. The number of hydrogen-bond acceptors (Lipinski definition) is 5.